The highest BCUT2D eigenvalue weighted by atomic mass is 16.5. The third kappa shape index (κ3) is 2.54. The van der Waals surface area contributed by atoms with Gasteiger partial charge in [0.1, 0.15) is 5.75 Å². The maximum atomic E-state index is 11.3. The van der Waals surface area contributed by atoms with Crippen molar-refractivity contribution < 1.29 is 14.6 Å². The Labute approximate surface area is 135 Å². The van der Waals surface area contributed by atoms with E-state index in [9.17, 15) is 9.90 Å². The number of hydrogen-bond donors (Lipinski definition) is 1. The van der Waals surface area contributed by atoms with Crippen LogP contribution in [-0.4, -0.2) is 35.8 Å². The predicted molar refractivity (Wildman–Crippen MR) is 87.8 cm³/mol. The normalized spacial score (nSPS) is 22.7. The van der Waals surface area contributed by atoms with Gasteiger partial charge in [-0.1, -0.05) is 36.4 Å². The van der Waals surface area contributed by atoms with Crippen molar-refractivity contribution in [1.29, 1.82) is 0 Å². The molecule has 0 unspecified atom stereocenters. The average molecular weight is 309 g/mol. The fourth-order valence-electron chi connectivity index (χ4n) is 3.77. The van der Waals surface area contributed by atoms with Crippen molar-refractivity contribution in [2.45, 2.75) is 12.3 Å². The Hall–Kier alpha value is -2.49. The molecule has 2 aliphatic rings. The van der Waals surface area contributed by atoms with Crippen LogP contribution >= 0.6 is 0 Å². The van der Waals surface area contributed by atoms with Gasteiger partial charge in [-0.2, -0.15) is 0 Å². The Morgan fingerprint density at radius 3 is 2.70 bits per heavy atom. The van der Waals surface area contributed by atoms with Crippen LogP contribution < -0.4 is 4.74 Å². The minimum atomic E-state index is -0.820. The highest BCUT2D eigenvalue weighted by molar-refractivity contribution is 5.68. The zero-order chi connectivity index (χ0) is 15.8. The SMILES string of the molecule is O=C(O)N1C[C@@H]2CCOc3ccc(-c4ccccc4)cc3[C@H]2C1. The summed E-state index contributed by atoms with van der Waals surface area (Å²) in [6.07, 6.45) is 0.0869. The van der Waals surface area contributed by atoms with E-state index in [1.54, 1.807) is 4.90 Å². The molecule has 2 aromatic carbocycles. The number of hydrogen-bond acceptors (Lipinski definition) is 2. The van der Waals surface area contributed by atoms with E-state index in [0.717, 1.165) is 23.3 Å². The fraction of sp³-hybridized carbons (Fsp3) is 0.316. The molecular weight excluding hydrogens is 290 g/mol. The minimum Gasteiger partial charge on any atom is -0.493 e. The number of nitrogens with zero attached hydrogens (tertiary/aromatic N) is 1. The lowest BCUT2D eigenvalue weighted by atomic mass is 9.86. The Balaban J connectivity index is 1.74. The molecule has 0 saturated carbocycles. The summed E-state index contributed by atoms with van der Waals surface area (Å²) in [7, 11) is 0. The second-order valence-corrected chi connectivity index (χ2v) is 6.31. The summed E-state index contributed by atoms with van der Waals surface area (Å²) >= 11 is 0. The van der Waals surface area contributed by atoms with Gasteiger partial charge in [-0.25, -0.2) is 4.79 Å². The molecule has 23 heavy (non-hydrogen) atoms. The zero-order valence-electron chi connectivity index (χ0n) is 12.8. The summed E-state index contributed by atoms with van der Waals surface area (Å²) in [5.41, 5.74) is 3.48. The van der Waals surface area contributed by atoms with E-state index in [4.69, 9.17) is 4.74 Å². The van der Waals surface area contributed by atoms with Crippen LogP contribution in [0.25, 0.3) is 11.1 Å². The molecule has 2 aliphatic heterocycles. The smallest absolute Gasteiger partial charge is 0.407 e. The summed E-state index contributed by atoms with van der Waals surface area (Å²) in [5, 5.41) is 9.31. The van der Waals surface area contributed by atoms with E-state index in [-0.39, 0.29) is 5.92 Å². The van der Waals surface area contributed by atoms with Gasteiger partial charge in [0.05, 0.1) is 6.61 Å². The zero-order valence-corrected chi connectivity index (χ0v) is 12.8. The summed E-state index contributed by atoms with van der Waals surface area (Å²) in [5.74, 6) is 1.48. The minimum absolute atomic E-state index is 0.229. The van der Waals surface area contributed by atoms with Gasteiger partial charge in [-0.15, -0.1) is 0 Å². The lowest BCUT2D eigenvalue weighted by Gasteiger charge is -2.17. The fourth-order valence-corrected chi connectivity index (χ4v) is 3.77. The molecule has 2 heterocycles. The Kier molecular flexibility index (Phi) is 3.45. The monoisotopic (exact) mass is 309 g/mol. The second-order valence-electron chi connectivity index (χ2n) is 6.31. The molecule has 118 valence electrons. The van der Waals surface area contributed by atoms with Gasteiger partial charge in [0, 0.05) is 19.0 Å². The highest BCUT2D eigenvalue weighted by Crippen LogP contribution is 2.42. The Bertz CT molecular complexity index is 729. The number of fused-ring (bicyclic) bond motifs is 3. The lowest BCUT2D eigenvalue weighted by molar-refractivity contribution is 0.152. The van der Waals surface area contributed by atoms with Crippen molar-refractivity contribution in [2.75, 3.05) is 19.7 Å². The summed E-state index contributed by atoms with van der Waals surface area (Å²) in [6, 6.07) is 16.5. The van der Waals surface area contributed by atoms with Crippen molar-refractivity contribution in [3.05, 3.63) is 54.1 Å². The van der Waals surface area contributed by atoms with E-state index in [1.165, 1.54) is 5.56 Å². The van der Waals surface area contributed by atoms with Gasteiger partial charge in [-0.05, 0) is 41.2 Å². The first-order valence-electron chi connectivity index (χ1n) is 8.02. The van der Waals surface area contributed by atoms with Gasteiger partial charge < -0.3 is 14.7 Å². The van der Waals surface area contributed by atoms with Crippen LogP contribution in [0, 0.1) is 5.92 Å². The molecule has 0 spiro atoms. The first kappa shape index (κ1) is 14.1. The van der Waals surface area contributed by atoms with Gasteiger partial charge >= 0.3 is 6.09 Å². The topological polar surface area (TPSA) is 49.8 Å². The largest absolute Gasteiger partial charge is 0.493 e. The van der Waals surface area contributed by atoms with Crippen molar-refractivity contribution in [3.63, 3.8) is 0 Å². The van der Waals surface area contributed by atoms with E-state index >= 15 is 0 Å². The van der Waals surface area contributed by atoms with Crippen LogP contribution in [-0.2, 0) is 0 Å². The summed E-state index contributed by atoms with van der Waals surface area (Å²) in [6.45, 7) is 1.83. The molecule has 0 radical (unpaired) electrons. The molecule has 1 N–H and O–H groups in total. The van der Waals surface area contributed by atoms with Crippen LogP contribution in [0.4, 0.5) is 4.79 Å². The molecule has 0 aliphatic carbocycles. The molecule has 4 nitrogen and oxygen atoms in total. The highest BCUT2D eigenvalue weighted by Gasteiger charge is 2.38. The first-order chi connectivity index (χ1) is 11.2. The number of amides is 1. The molecule has 0 bridgehead atoms. The van der Waals surface area contributed by atoms with Gasteiger partial charge in [0.15, 0.2) is 0 Å². The van der Waals surface area contributed by atoms with E-state index < -0.39 is 6.09 Å². The summed E-state index contributed by atoms with van der Waals surface area (Å²) in [4.78, 5) is 12.9. The molecule has 2 aromatic rings. The van der Waals surface area contributed by atoms with Crippen molar-refractivity contribution >= 4 is 6.09 Å². The van der Waals surface area contributed by atoms with E-state index in [2.05, 4.69) is 24.3 Å². The molecular formula is C19H19NO3. The molecule has 1 fully saturated rings. The number of rotatable bonds is 1. The molecule has 0 aromatic heterocycles. The summed E-state index contributed by atoms with van der Waals surface area (Å²) < 4.78 is 5.91. The Morgan fingerprint density at radius 1 is 1.09 bits per heavy atom. The second kappa shape index (κ2) is 5.61. The maximum Gasteiger partial charge on any atom is 0.407 e. The van der Waals surface area contributed by atoms with Crippen LogP contribution in [0.15, 0.2) is 48.5 Å². The third-order valence-corrected chi connectivity index (χ3v) is 4.97. The number of ether oxygens (including phenoxy) is 1. The van der Waals surface area contributed by atoms with Gasteiger partial charge in [0.2, 0.25) is 0 Å². The maximum absolute atomic E-state index is 11.3. The average Bonchev–Trinajstić information content (AvgIpc) is 2.93. The quantitative estimate of drug-likeness (QED) is 0.871. The molecule has 4 heteroatoms. The van der Waals surface area contributed by atoms with Crippen molar-refractivity contribution in [2.24, 2.45) is 5.92 Å². The van der Waals surface area contributed by atoms with Crippen molar-refractivity contribution in [1.82, 2.24) is 4.90 Å². The van der Waals surface area contributed by atoms with E-state index in [1.807, 2.05) is 24.3 Å². The van der Waals surface area contributed by atoms with Crippen LogP contribution in [0.1, 0.15) is 17.9 Å². The molecule has 2 atom stereocenters. The predicted octanol–water partition coefficient (Wildman–Crippen LogP) is 3.83. The van der Waals surface area contributed by atoms with Crippen LogP contribution in [0.5, 0.6) is 5.75 Å². The van der Waals surface area contributed by atoms with Crippen molar-refractivity contribution in [3.8, 4) is 16.9 Å². The standard InChI is InChI=1S/C19H19NO3/c21-19(22)20-11-15-8-9-23-18-7-6-14(10-16(18)17(15)12-20)13-4-2-1-3-5-13/h1-7,10,15,17H,8-9,11-12H2,(H,21,22)/t15-,17-/m0/s1. The lowest BCUT2D eigenvalue weighted by Crippen LogP contribution is -2.27. The molecule has 1 amide bonds. The number of likely N-dealkylation sites (tertiary alicyclic amines) is 1. The van der Waals surface area contributed by atoms with Crippen LogP contribution in [0.2, 0.25) is 0 Å². The number of carboxylic acid groups (broad SMARTS) is 1. The van der Waals surface area contributed by atoms with Gasteiger partial charge in [-0.3, -0.25) is 0 Å². The van der Waals surface area contributed by atoms with Gasteiger partial charge in [0.25, 0.3) is 0 Å². The Morgan fingerprint density at radius 2 is 1.91 bits per heavy atom. The molecule has 4 rings (SSSR count). The molecule has 1 saturated heterocycles. The first-order valence-corrected chi connectivity index (χ1v) is 8.02. The number of benzene rings is 2. The third-order valence-electron chi connectivity index (χ3n) is 4.97. The number of carbonyl (C=O) groups is 1. The van der Waals surface area contributed by atoms with E-state index in [0.29, 0.717) is 25.6 Å². The van der Waals surface area contributed by atoms with Crippen LogP contribution in [0.3, 0.4) is 0 Å².